The van der Waals surface area contributed by atoms with Crippen molar-refractivity contribution in [3.8, 4) is 0 Å². The number of alkyl halides is 1. The van der Waals surface area contributed by atoms with Crippen LogP contribution in [0, 0.1) is 11.8 Å². The Morgan fingerprint density at radius 3 is 2.67 bits per heavy atom. The minimum atomic E-state index is -0.208. The molecule has 1 aliphatic heterocycles. The van der Waals surface area contributed by atoms with Crippen LogP contribution in [-0.4, -0.2) is 41.1 Å². The Labute approximate surface area is 102 Å². The summed E-state index contributed by atoms with van der Waals surface area (Å²) >= 11 is 3.32. The number of nitrogens with zero attached hydrogens (tertiary/aromatic N) is 1. The molecule has 0 aromatic heterocycles. The van der Waals surface area contributed by atoms with Gasteiger partial charge in [-0.2, -0.15) is 0 Å². The summed E-state index contributed by atoms with van der Waals surface area (Å²) in [4.78, 5) is 2.41. The average Bonchev–Trinajstić information content (AvgIpc) is 2.43. The fourth-order valence-electron chi connectivity index (χ4n) is 2.38. The van der Waals surface area contributed by atoms with Crippen LogP contribution in [-0.2, 0) is 0 Å². The summed E-state index contributed by atoms with van der Waals surface area (Å²) in [5.41, 5.74) is 0. The number of rotatable bonds is 4. The van der Waals surface area contributed by atoms with Crippen LogP contribution in [0.3, 0.4) is 0 Å². The average molecular weight is 278 g/mol. The predicted octanol–water partition coefficient (Wildman–Crippen LogP) is 2.50. The second-order valence-corrected chi connectivity index (χ2v) is 5.69. The van der Waals surface area contributed by atoms with Crippen LogP contribution in [0.2, 0.25) is 0 Å². The summed E-state index contributed by atoms with van der Waals surface area (Å²) in [5.74, 6) is 1.70. The van der Waals surface area contributed by atoms with Gasteiger partial charge in [-0.15, -0.1) is 0 Å². The van der Waals surface area contributed by atoms with E-state index in [4.69, 9.17) is 0 Å². The third-order valence-electron chi connectivity index (χ3n) is 3.46. The summed E-state index contributed by atoms with van der Waals surface area (Å²) in [5, 5.41) is 10.3. The molecule has 15 heavy (non-hydrogen) atoms. The number of hydrogen-bond acceptors (Lipinski definition) is 2. The minimum Gasteiger partial charge on any atom is -0.391 e. The highest BCUT2D eigenvalue weighted by Gasteiger charge is 2.20. The van der Waals surface area contributed by atoms with Crippen LogP contribution in [0.15, 0.2) is 0 Å². The van der Waals surface area contributed by atoms with Gasteiger partial charge in [0.2, 0.25) is 0 Å². The van der Waals surface area contributed by atoms with Gasteiger partial charge in [0.05, 0.1) is 6.10 Å². The molecule has 3 heteroatoms. The molecule has 1 fully saturated rings. The van der Waals surface area contributed by atoms with Crippen LogP contribution in [0.1, 0.15) is 33.1 Å². The number of aliphatic hydroxyl groups is 1. The topological polar surface area (TPSA) is 23.5 Å². The van der Waals surface area contributed by atoms with Gasteiger partial charge in [0.15, 0.2) is 0 Å². The quantitative estimate of drug-likeness (QED) is 0.799. The molecule has 0 radical (unpaired) electrons. The van der Waals surface area contributed by atoms with E-state index in [-0.39, 0.29) is 6.10 Å². The molecule has 90 valence electrons. The molecule has 1 aliphatic rings. The minimum absolute atomic E-state index is 0.208. The molecule has 1 N–H and O–H groups in total. The first-order valence-corrected chi connectivity index (χ1v) is 7.22. The maximum Gasteiger partial charge on any atom is 0.0763 e. The number of β-amino-alcohol motifs (C(OH)–C–C–N with tert-alkyl or cyclic N) is 1. The summed E-state index contributed by atoms with van der Waals surface area (Å²) in [7, 11) is 0. The smallest absolute Gasteiger partial charge is 0.0763 e. The molecule has 1 heterocycles. The lowest BCUT2D eigenvalue weighted by molar-refractivity contribution is 0.132. The van der Waals surface area contributed by atoms with E-state index >= 15 is 0 Å². The highest BCUT2D eigenvalue weighted by atomic mass is 79.9. The standard InChI is InChI=1S/C12H24BrNO/c1-10(2)11-4-3-6-14(7-5-11)9-12(15)8-13/h10-12,15H,3-9H2,1-2H3. The highest BCUT2D eigenvalue weighted by molar-refractivity contribution is 9.09. The summed E-state index contributed by atoms with van der Waals surface area (Å²) in [6.45, 7) is 7.80. The van der Waals surface area contributed by atoms with Crippen LogP contribution in [0.4, 0.5) is 0 Å². The van der Waals surface area contributed by atoms with E-state index in [9.17, 15) is 5.11 Å². The fourth-order valence-corrected chi connectivity index (χ4v) is 2.58. The molecule has 2 nitrogen and oxygen atoms in total. The Kier molecular flexibility index (Phi) is 6.17. The van der Waals surface area contributed by atoms with Crippen molar-refractivity contribution < 1.29 is 5.11 Å². The molecular weight excluding hydrogens is 254 g/mol. The molecule has 0 spiro atoms. The van der Waals surface area contributed by atoms with Gasteiger partial charge >= 0.3 is 0 Å². The molecular formula is C12H24BrNO. The van der Waals surface area contributed by atoms with Crippen LogP contribution < -0.4 is 0 Å². The molecule has 0 amide bonds. The SMILES string of the molecule is CC(C)C1CCCN(CC(O)CBr)CC1. The van der Waals surface area contributed by atoms with Gasteiger partial charge < -0.3 is 10.0 Å². The van der Waals surface area contributed by atoms with Crippen LogP contribution >= 0.6 is 15.9 Å². The zero-order valence-electron chi connectivity index (χ0n) is 9.95. The Hall–Kier alpha value is 0.400. The van der Waals surface area contributed by atoms with E-state index in [1.807, 2.05) is 0 Å². The molecule has 1 rings (SSSR count). The Bertz CT molecular complexity index is 175. The Morgan fingerprint density at radius 2 is 2.07 bits per heavy atom. The fraction of sp³-hybridized carbons (Fsp3) is 1.00. The maximum atomic E-state index is 9.59. The number of halogens is 1. The van der Waals surface area contributed by atoms with Crippen molar-refractivity contribution in [2.45, 2.75) is 39.2 Å². The van der Waals surface area contributed by atoms with Crippen molar-refractivity contribution in [2.75, 3.05) is 25.0 Å². The van der Waals surface area contributed by atoms with E-state index in [0.29, 0.717) is 5.33 Å². The second-order valence-electron chi connectivity index (χ2n) is 5.04. The first-order valence-electron chi connectivity index (χ1n) is 6.10. The van der Waals surface area contributed by atoms with E-state index < -0.39 is 0 Å². The molecule has 0 aromatic carbocycles. The summed E-state index contributed by atoms with van der Waals surface area (Å²) in [6.07, 6.45) is 3.74. The van der Waals surface area contributed by atoms with E-state index in [2.05, 4.69) is 34.7 Å². The van der Waals surface area contributed by atoms with Crippen molar-refractivity contribution in [1.29, 1.82) is 0 Å². The molecule has 2 unspecified atom stereocenters. The number of likely N-dealkylation sites (tertiary alicyclic amines) is 1. The second kappa shape index (κ2) is 6.87. The van der Waals surface area contributed by atoms with E-state index in [1.165, 1.54) is 19.3 Å². The van der Waals surface area contributed by atoms with Gasteiger partial charge in [-0.1, -0.05) is 29.8 Å². The largest absolute Gasteiger partial charge is 0.391 e. The summed E-state index contributed by atoms with van der Waals surface area (Å²) in [6, 6.07) is 0. The van der Waals surface area contributed by atoms with E-state index in [0.717, 1.165) is 31.5 Å². The Morgan fingerprint density at radius 1 is 1.33 bits per heavy atom. The van der Waals surface area contributed by atoms with Gasteiger partial charge in [0.1, 0.15) is 0 Å². The number of hydrogen-bond donors (Lipinski definition) is 1. The van der Waals surface area contributed by atoms with Gasteiger partial charge in [-0.25, -0.2) is 0 Å². The normalized spacial score (nSPS) is 26.6. The summed E-state index contributed by atoms with van der Waals surface area (Å²) < 4.78 is 0. The third kappa shape index (κ3) is 4.83. The van der Waals surface area contributed by atoms with E-state index in [1.54, 1.807) is 0 Å². The molecule has 0 aromatic rings. The van der Waals surface area contributed by atoms with Gasteiger partial charge in [0.25, 0.3) is 0 Å². The lowest BCUT2D eigenvalue weighted by atomic mass is 9.89. The highest BCUT2D eigenvalue weighted by Crippen LogP contribution is 2.24. The lowest BCUT2D eigenvalue weighted by Gasteiger charge is -2.23. The molecule has 1 saturated heterocycles. The molecule has 0 aliphatic carbocycles. The van der Waals surface area contributed by atoms with Crippen molar-refractivity contribution >= 4 is 15.9 Å². The van der Waals surface area contributed by atoms with Crippen LogP contribution in [0.5, 0.6) is 0 Å². The Balaban J connectivity index is 2.32. The first-order chi connectivity index (χ1) is 7.13. The van der Waals surface area contributed by atoms with Gasteiger partial charge in [-0.3, -0.25) is 0 Å². The molecule has 0 saturated carbocycles. The molecule has 2 atom stereocenters. The lowest BCUT2D eigenvalue weighted by Crippen LogP contribution is -2.34. The molecule has 0 bridgehead atoms. The van der Waals surface area contributed by atoms with Crippen molar-refractivity contribution in [2.24, 2.45) is 11.8 Å². The third-order valence-corrected chi connectivity index (χ3v) is 4.20. The number of aliphatic hydroxyl groups excluding tert-OH is 1. The van der Waals surface area contributed by atoms with Gasteiger partial charge in [0, 0.05) is 11.9 Å². The maximum absolute atomic E-state index is 9.59. The van der Waals surface area contributed by atoms with Crippen molar-refractivity contribution in [3.63, 3.8) is 0 Å². The van der Waals surface area contributed by atoms with Crippen molar-refractivity contribution in [3.05, 3.63) is 0 Å². The zero-order chi connectivity index (χ0) is 11.3. The predicted molar refractivity (Wildman–Crippen MR) is 68.4 cm³/mol. The van der Waals surface area contributed by atoms with Crippen LogP contribution in [0.25, 0.3) is 0 Å². The van der Waals surface area contributed by atoms with Gasteiger partial charge in [-0.05, 0) is 44.2 Å². The monoisotopic (exact) mass is 277 g/mol. The van der Waals surface area contributed by atoms with Crippen molar-refractivity contribution in [1.82, 2.24) is 4.90 Å². The zero-order valence-corrected chi connectivity index (χ0v) is 11.5. The first kappa shape index (κ1) is 13.5.